The molecule has 0 bridgehead atoms. The zero-order valence-corrected chi connectivity index (χ0v) is 14.3. The van der Waals surface area contributed by atoms with Gasteiger partial charge in [0.1, 0.15) is 0 Å². The number of amides is 1. The van der Waals surface area contributed by atoms with Crippen LogP contribution in [-0.4, -0.2) is 28.7 Å². The highest BCUT2D eigenvalue weighted by Gasteiger charge is 2.26. The van der Waals surface area contributed by atoms with Crippen LogP contribution in [0.3, 0.4) is 0 Å². The summed E-state index contributed by atoms with van der Waals surface area (Å²) in [5, 5.41) is 1.70. The second-order valence-corrected chi connectivity index (χ2v) is 6.72. The summed E-state index contributed by atoms with van der Waals surface area (Å²) in [7, 11) is 0. The quantitative estimate of drug-likeness (QED) is 0.662. The van der Waals surface area contributed by atoms with Gasteiger partial charge in [-0.2, -0.15) is 0 Å². The topological polar surface area (TPSA) is 20.3 Å². The van der Waals surface area contributed by atoms with Crippen molar-refractivity contribution in [3.8, 4) is 0 Å². The van der Waals surface area contributed by atoms with Gasteiger partial charge in [-0.3, -0.25) is 4.79 Å². The second kappa shape index (κ2) is 7.67. The van der Waals surface area contributed by atoms with E-state index in [1.807, 2.05) is 4.90 Å². The highest BCUT2D eigenvalue weighted by Crippen LogP contribution is 2.27. The molecule has 1 fully saturated rings. The number of halogens is 3. The van der Waals surface area contributed by atoms with Gasteiger partial charge in [-0.25, -0.2) is 0 Å². The summed E-state index contributed by atoms with van der Waals surface area (Å²) in [4.78, 5) is 14.7. The molecule has 0 aliphatic heterocycles. The van der Waals surface area contributed by atoms with Crippen molar-refractivity contribution in [2.24, 2.45) is 0 Å². The molecule has 1 aromatic rings. The van der Waals surface area contributed by atoms with Crippen molar-refractivity contribution >= 4 is 45.0 Å². The summed E-state index contributed by atoms with van der Waals surface area (Å²) in [5.74, 6) is 0.0508. The number of hydrogen-bond acceptors (Lipinski definition) is 1. The van der Waals surface area contributed by atoms with Gasteiger partial charge >= 0.3 is 0 Å². The van der Waals surface area contributed by atoms with E-state index in [1.165, 1.54) is 19.3 Å². The molecular formula is C15H18BrCl2NO. The number of carbonyl (C=O) groups excluding carboxylic acids is 1. The van der Waals surface area contributed by atoms with Gasteiger partial charge < -0.3 is 4.90 Å². The molecule has 2 rings (SSSR count). The zero-order chi connectivity index (χ0) is 14.5. The van der Waals surface area contributed by atoms with E-state index >= 15 is 0 Å². The predicted molar refractivity (Wildman–Crippen MR) is 88.2 cm³/mol. The van der Waals surface area contributed by atoms with Crippen LogP contribution in [-0.2, 0) is 0 Å². The van der Waals surface area contributed by atoms with Crippen LogP contribution in [0.15, 0.2) is 18.2 Å². The van der Waals surface area contributed by atoms with Crippen LogP contribution in [0.25, 0.3) is 0 Å². The lowest BCUT2D eigenvalue weighted by atomic mass is 9.93. The third-order valence-electron chi connectivity index (χ3n) is 3.77. The van der Waals surface area contributed by atoms with E-state index in [2.05, 4.69) is 15.9 Å². The molecule has 0 N–H and O–H groups in total. The molecule has 0 radical (unpaired) electrons. The Bertz CT molecular complexity index is 475. The molecule has 0 saturated heterocycles. The smallest absolute Gasteiger partial charge is 0.254 e. The van der Waals surface area contributed by atoms with Crippen LogP contribution >= 0.6 is 39.1 Å². The molecule has 110 valence electrons. The van der Waals surface area contributed by atoms with Crippen molar-refractivity contribution in [3.05, 3.63) is 33.8 Å². The lowest BCUT2D eigenvalue weighted by Crippen LogP contribution is -2.42. The summed E-state index contributed by atoms with van der Waals surface area (Å²) in [6, 6.07) is 5.45. The molecule has 0 spiro atoms. The summed E-state index contributed by atoms with van der Waals surface area (Å²) in [6.45, 7) is 0.726. The van der Waals surface area contributed by atoms with E-state index in [1.54, 1.807) is 18.2 Å². The molecular weight excluding hydrogens is 361 g/mol. The molecule has 1 aromatic carbocycles. The normalized spacial score (nSPS) is 16.1. The van der Waals surface area contributed by atoms with Gasteiger partial charge in [0.15, 0.2) is 0 Å². The number of alkyl halides is 1. The summed E-state index contributed by atoms with van der Waals surface area (Å²) in [5.41, 5.74) is 0.617. The van der Waals surface area contributed by atoms with Crippen LogP contribution < -0.4 is 0 Å². The molecule has 1 aliphatic carbocycles. The monoisotopic (exact) mass is 377 g/mol. The Morgan fingerprint density at radius 3 is 2.50 bits per heavy atom. The molecule has 0 atom stereocenters. The van der Waals surface area contributed by atoms with Crippen LogP contribution in [0, 0.1) is 0 Å². The maximum Gasteiger partial charge on any atom is 0.254 e. The Kier molecular flexibility index (Phi) is 6.19. The van der Waals surface area contributed by atoms with E-state index < -0.39 is 0 Å². The SMILES string of the molecule is O=C(c1ccc(Cl)c(Cl)c1)N(CCBr)C1CCCCC1. The van der Waals surface area contributed by atoms with Crippen molar-refractivity contribution in [2.75, 3.05) is 11.9 Å². The van der Waals surface area contributed by atoms with Gasteiger partial charge in [0.25, 0.3) is 5.91 Å². The lowest BCUT2D eigenvalue weighted by Gasteiger charge is -2.34. The standard InChI is InChI=1S/C15H18BrCl2NO/c16-8-9-19(12-4-2-1-3-5-12)15(20)11-6-7-13(17)14(18)10-11/h6-7,10,12H,1-5,8-9H2. The summed E-state index contributed by atoms with van der Waals surface area (Å²) >= 11 is 15.4. The largest absolute Gasteiger partial charge is 0.335 e. The average Bonchev–Trinajstić information content (AvgIpc) is 2.48. The molecule has 0 heterocycles. The third kappa shape index (κ3) is 3.90. The highest BCUT2D eigenvalue weighted by molar-refractivity contribution is 9.09. The van der Waals surface area contributed by atoms with Crippen LogP contribution in [0.2, 0.25) is 10.0 Å². The predicted octanol–water partition coefficient (Wildman–Crippen LogP) is 5.16. The maximum atomic E-state index is 12.7. The van der Waals surface area contributed by atoms with E-state index in [4.69, 9.17) is 23.2 Å². The van der Waals surface area contributed by atoms with Gasteiger partial charge in [0.2, 0.25) is 0 Å². The molecule has 0 unspecified atom stereocenters. The number of carbonyl (C=O) groups is 1. The van der Waals surface area contributed by atoms with Gasteiger partial charge in [0, 0.05) is 23.5 Å². The lowest BCUT2D eigenvalue weighted by molar-refractivity contribution is 0.0651. The molecule has 1 saturated carbocycles. The van der Waals surface area contributed by atoms with Crippen LogP contribution in [0.1, 0.15) is 42.5 Å². The Morgan fingerprint density at radius 2 is 1.90 bits per heavy atom. The first-order chi connectivity index (χ1) is 9.63. The number of nitrogens with zero attached hydrogens (tertiary/aromatic N) is 1. The van der Waals surface area contributed by atoms with E-state index in [9.17, 15) is 4.79 Å². The Balaban J connectivity index is 2.18. The van der Waals surface area contributed by atoms with Crippen molar-refractivity contribution in [1.82, 2.24) is 4.90 Å². The van der Waals surface area contributed by atoms with Crippen LogP contribution in [0.5, 0.6) is 0 Å². The number of rotatable bonds is 4. The van der Waals surface area contributed by atoms with E-state index in [-0.39, 0.29) is 5.91 Å². The minimum Gasteiger partial charge on any atom is -0.335 e. The maximum absolute atomic E-state index is 12.7. The number of benzene rings is 1. The Labute approximate surface area is 138 Å². The van der Waals surface area contributed by atoms with Gasteiger partial charge in [-0.1, -0.05) is 58.4 Å². The fourth-order valence-electron chi connectivity index (χ4n) is 2.73. The highest BCUT2D eigenvalue weighted by atomic mass is 79.9. The first-order valence-electron chi connectivity index (χ1n) is 6.95. The average molecular weight is 379 g/mol. The Morgan fingerprint density at radius 1 is 1.20 bits per heavy atom. The van der Waals surface area contributed by atoms with Crippen molar-refractivity contribution in [2.45, 2.75) is 38.1 Å². The van der Waals surface area contributed by atoms with Crippen molar-refractivity contribution < 1.29 is 4.79 Å². The third-order valence-corrected chi connectivity index (χ3v) is 4.86. The summed E-state index contributed by atoms with van der Waals surface area (Å²) in [6.07, 6.45) is 5.88. The molecule has 1 amide bonds. The minimum absolute atomic E-state index is 0.0508. The van der Waals surface area contributed by atoms with Crippen LogP contribution in [0.4, 0.5) is 0 Å². The van der Waals surface area contributed by atoms with Crippen molar-refractivity contribution in [3.63, 3.8) is 0 Å². The number of hydrogen-bond donors (Lipinski definition) is 0. The Hall–Kier alpha value is -0.250. The second-order valence-electron chi connectivity index (χ2n) is 5.11. The molecule has 2 nitrogen and oxygen atoms in total. The molecule has 20 heavy (non-hydrogen) atoms. The molecule has 5 heteroatoms. The molecule has 0 aromatic heterocycles. The minimum atomic E-state index is 0.0508. The van der Waals surface area contributed by atoms with Gasteiger partial charge in [0.05, 0.1) is 10.0 Å². The van der Waals surface area contributed by atoms with E-state index in [0.717, 1.165) is 24.7 Å². The van der Waals surface area contributed by atoms with Crippen molar-refractivity contribution in [1.29, 1.82) is 0 Å². The van der Waals surface area contributed by atoms with E-state index in [0.29, 0.717) is 21.7 Å². The van der Waals surface area contributed by atoms with Gasteiger partial charge in [-0.05, 0) is 31.0 Å². The first-order valence-corrected chi connectivity index (χ1v) is 8.83. The first kappa shape index (κ1) is 16.1. The fourth-order valence-corrected chi connectivity index (χ4v) is 3.41. The molecule has 1 aliphatic rings. The summed E-state index contributed by atoms with van der Waals surface area (Å²) < 4.78 is 0. The van der Waals surface area contributed by atoms with Gasteiger partial charge in [-0.15, -0.1) is 0 Å². The zero-order valence-electron chi connectivity index (χ0n) is 11.2. The fraction of sp³-hybridized carbons (Fsp3) is 0.533.